The maximum absolute atomic E-state index is 5.84. The zero-order valence-corrected chi connectivity index (χ0v) is 8.54. The first-order valence-electron chi connectivity index (χ1n) is 4.97. The number of imidazole rings is 1. The molecule has 0 atom stereocenters. The molecule has 0 saturated carbocycles. The molecule has 3 heterocycles. The molecule has 0 radical (unpaired) electrons. The van der Waals surface area contributed by atoms with Gasteiger partial charge in [0, 0.05) is 23.5 Å². The Kier molecular flexibility index (Phi) is 1.86. The fraction of sp³-hybridized carbons (Fsp3) is 0. The number of aromatic nitrogens is 3. The van der Waals surface area contributed by atoms with Gasteiger partial charge >= 0.3 is 0 Å². The molecular weight excluding hydrogens is 200 g/mol. The molecule has 0 bridgehead atoms. The molecule has 0 fully saturated rings. The summed E-state index contributed by atoms with van der Waals surface area (Å²) in [4.78, 5) is 8.15. The number of nitrogens with zero attached hydrogens (tertiary/aromatic N) is 3. The van der Waals surface area contributed by atoms with Crippen molar-refractivity contribution in [3.63, 3.8) is 0 Å². The summed E-state index contributed by atoms with van der Waals surface area (Å²) in [5.41, 5.74) is 8.88. The number of hydrogen-bond acceptors (Lipinski definition) is 3. The fourth-order valence-electron chi connectivity index (χ4n) is 1.74. The summed E-state index contributed by atoms with van der Waals surface area (Å²) < 4.78 is 1.96. The Morgan fingerprint density at radius 3 is 3.00 bits per heavy atom. The van der Waals surface area contributed by atoms with Gasteiger partial charge in [0.25, 0.3) is 0 Å². The number of hydrogen-bond donors (Lipinski definition) is 1. The molecule has 4 heteroatoms. The minimum absolute atomic E-state index is 0.543. The highest BCUT2D eigenvalue weighted by Gasteiger charge is 2.03. The van der Waals surface area contributed by atoms with Crippen LogP contribution in [0.4, 0.5) is 5.82 Å². The van der Waals surface area contributed by atoms with E-state index in [4.69, 9.17) is 5.73 Å². The van der Waals surface area contributed by atoms with Crippen molar-refractivity contribution in [1.29, 1.82) is 0 Å². The van der Waals surface area contributed by atoms with Crippen molar-refractivity contribution in [2.45, 2.75) is 0 Å². The van der Waals surface area contributed by atoms with Crippen LogP contribution < -0.4 is 5.73 Å². The molecule has 0 unspecified atom stereocenters. The van der Waals surface area contributed by atoms with Crippen LogP contribution in [0.5, 0.6) is 0 Å². The van der Waals surface area contributed by atoms with Gasteiger partial charge in [-0.2, -0.15) is 0 Å². The summed E-state index contributed by atoms with van der Waals surface area (Å²) in [7, 11) is 0. The molecular formula is C12H10N4. The first-order chi connectivity index (χ1) is 7.84. The van der Waals surface area contributed by atoms with Crippen LogP contribution in [-0.4, -0.2) is 14.4 Å². The lowest BCUT2D eigenvalue weighted by Crippen LogP contribution is -1.94. The summed E-state index contributed by atoms with van der Waals surface area (Å²) in [5.74, 6) is 0.543. The van der Waals surface area contributed by atoms with Crippen molar-refractivity contribution >= 4 is 11.3 Å². The Balaban J connectivity index is 2.22. The van der Waals surface area contributed by atoms with Gasteiger partial charge in [0.1, 0.15) is 5.82 Å². The van der Waals surface area contributed by atoms with Gasteiger partial charge in [-0.05, 0) is 18.2 Å². The Morgan fingerprint density at radius 1 is 1.19 bits per heavy atom. The quantitative estimate of drug-likeness (QED) is 0.668. The highest BCUT2D eigenvalue weighted by molar-refractivity contribution is 5.74. The van der Waals surface area contributed by atoms with Gasteiger partial charge in [0.05, 0.1) is 18.0 Å². The van der Waals surface area contributed by atoms with Crippen LogP contribution in [0.2, 0.25) is 0 Å². The fourth-order valence-corrected chi connectivity index (χ4v) is 1.74. The Labute approximate surface area is 92.4 Å². The third-order valence-electron chi connectivity index (χ3n) is 2.56. The zero-order chi connectivity index (χ0) is 11.0. The van der Waals surface area contributed by atoms with E-state index in [9.17, 15) is 0 Å². The lowest BCUT2D eigenvalue weighted by molar-refractivity contribution is 1.15. The number of nitrogen functional groups attached to an aromatic ring is 1. The number of nitrogens with two attached hydrogens (primary N) is 1. The van der Waals surface area contributed by atoms with E-state index in [1.54, 1.807) is 12.5 Å². The maximum atomic E-state index is 5.84. The second-order valence-electron chi connectivity index (χ2n) is 3.58. The van der Waals surface area contributed by atoms with Crippen LogP contribution in [0.15, 0.2) is 49.2 Å². The number of anilines is 1. The smallest absolute Gasteiger partial charge is 0.131 e. The highest BCUT2D eigenvalue weighted by atomic mass is 15.0. The van der Waals surface area contributed by atoms with Gasteiger partial charge in [-0.3, -0.25) is 0 Å². The lowest BCUT2D eigenvalue weighted by atomic mass is 10.1. The van der Waals surface area contributed by atoms with E-state index in [2.05, 4.69) is 9.97 Å². The van der Waals surface area contributed by atoms with E-state index < -0.39 is 0 Å². The van der Waals surface area contributed by atoms with Gasteiger partial charge in [0.15, 0.2) is 0 Å². The molecule has 4 nitrogen and oxygen atoms in total. The van der Waals surface area contributed by atoms with Gasteiger partial charge < -0.3 is 10.1 Å². The highest BCUT2D eigenvalue weighted by Crippen LogP contribution is 2.23. The number of fused-ring (bicyclic) bond motifs is 1. The monoisotopic (exact) mass is 210 g/mol. The van der Waals surface area contributed by atoms with E-state index in [0.717, 1.165) is 16.6 Å². The van der Waals surface area contributed by atoms with Crippen LogP contribution >= 0.6 is 0 Å². The minimum Gasteiger partial charge on any atom is -0.383 e. The van der Waals surface area contributed by atoms with E-state index in [1.165, 1.54) is 0 Å². The molecule has 3 rings (SSSR count). The minimum atomic E-state index is 0.543. The van der Waals surface area contributed by atoms with Crippen molar-refractivity contribution in [1.82, 2.24) is 14.4 Å². The van der Waals surface area contributed by atoms with Gasteiger partial charge in [-0.25, -0.2) is 9.97 Å². The second kappa shape index (κ2) is 3.34. The third-order valence-corrected chi connectivity index (χ3v) is 2.56. The number of rotatable bonds is 1. The molecule has 0 amide bonds. The largest absolute Gasteiger partial charge is 0.383 e. The standard InChI is InChI=1S/C12H10N4/c13-12-11(2-1-5-15-12)9-3-4-10-6-14-8-16(10)7-9/h1-8H,(H2,13,15). The Morgan fingerprint density at radius 2 is 2.12 bits per heavy atom. The third kappa shape index (κ3) is 1.32. The van der Waals surface area contributed by atoms with E-state index >= 15 is 0 Å². The predicted molar refractivity (Wildman–Crippen MR) is 62.8 cm³/mol. The normalized spacial score (nSPS) is 10.8. The second-order valence-corrected chi connectivity index (χ2v) is 3.58. The zero-order valence-electron chi connectivity index (χ0n) is 8.54. The molecule has 0 saturated heterocycles. The molecule has 3 aromatic heterocycles. The molecule has 16 heavy (non-hydrogen) atoms. The summed E-state index contributed by atoms with van der Waals surface area (Å²) >= 11 is 0. The maximum Gasteiger partial charge on any atom is 0.131 e. The molecule has 0 aliphatic rings. The summed E-state index contributed by atoms with van der Waals surface area (Å²) in [5, 5.41) is 0. The first kappa shape index (κ1) is 8.91. The van der Waals surface area contributed by atoms with Crippen molar-refractivity contribution in [2.75, 3.05) is 5.73 Å². The molecule has 0 aliphatic heterocycles. The van der Waals surface area contributed by atoms with E-state index in [-0.39, 0.29) is 0 Å². The van der Waals surface area contributed by atoms with Gasteiger partial charge in [0.2, 0.25) is 0 Å². The molecule has 3 aromatic rings. The van der Waals surface area contributed by atoms with E-state index in [0.29, 0.717) is 5.82 Å². The van der Waals surface area contributed by atoms with E-state index in [1.807, 2.05) is 41.1 Å². The van der Waals surface area contributed by atoms with Crippen LogP contribution in [0.1, 0.15) is 0 Å². The average Bonchev–Trinajstić information content (AvgIpc) is 2.76. The molecule has 78 valence electrons. The first-order valence-corrected chi connectivity index (χ1v) is 4.97. The van der Waals surface area contributed by atoms with Crippen LogP contribution in [-0.2, 0) is 0 Å². The van der Waals surface area contributed by atoms with Gasteiger partial charge in [-0.15, -0.1) is 0 Å². The topological polar surface area (TPSA) is 56.2 Å². The van der Waals surface area contributed by atoms with Crippen molar-refractivity contribution in [3.8, 4) is 11.1 Å². The lowest BCUT2D eigenvalue weighted by Gasteiger charge is -2.04. The van der Waals surface area contributed by atoms with Crippen molar-refractivity contribution in [2.24, 2.45) is 0 Å². The number of pyridine rings is 2. The summed E-state index contributed by atoms with van der Waals surface area (Å²) in [6.07, 6.45) is 7.27. The van der Waals surface area contributed by atoms with Crippen LogP contribution in [0.3, 0.4) is 0 Å². The molecule has 0 aromatic carbocycles. The van der Waals surface area contributed by atoms with Crippen LogP contribution in [0, 0.1) is 0 Å². The summed E-state index contributed by atoms with van der Waals surface area (Å²) in [6, 6.07) is 7.86. The van der Waals surface area contributed by atoms with Crippen molar-refractivity contribution in [3.05, 3.63) is 49.2 Å². The Hall–Kier alpha value is -2.36. The predicted octanol–water partition coefficient (Wildman–Crippen LogP) is 1.98. The molecule has 0 spiro atoms. The SMILES string of the molecule is Nc1ncccc1-c1ccc2cncn2c1. The molecule has 0 aliphatic carbocycles. The Bertz CT molecular complexity index is 642. The molecule has 2 N–H and O–H groups in total. The van der Waals surface area contributed by atoms with Crippen LogP contribution in [0.25, 0.3) is 16.6 Å². The summed E-state index contributed by atoms with van der Waals surface area (Å²) in [6.45, 7) is 0. The van der Waals surface area contributed by atoms with Gasteiger partial charge in [-0.1, -0.05) is 6.07 Å². The average molecular weight is 210 g/mol. The van der Waals surface area contributed by atoms with Crippen molar-refractivity contribution < 1.29 is 0 Å².